The highest BCUT2D eigenvalue weighted by Gasteiger charge is 2.64. The molecule has 5 atom stereocenters. The number of ether oxygens (including phenoxy) is 2. The Morgan fingerprint density at radius 3 is 2.30 bits per heavy atom. The molecular weight excluding hydrogens is 604 g/mol. The Bertz CT molecular complexity index is 1640. The van der Waals surface area contributed by atoms with Crippen molar-refractivity contribution < 1.29 is 41.7 Å². The highest BCUT2D eigenvalue weighted by atomic mass is 19.4. The van der Waals surface area contributed by atoms with E-state index in [0.717, 1.165) is 37.8 Å². The van der Waals surface area contributed by atoms with E-state index in [1.54, 1.807) is 31.4 Å². The van der Waals surface area contributed by atoms with Crippen molar-refractivity contribution in [2.24, 2.45) is 0 Å². The Balaban J connectivity index is 1.20. The largest absolute Gasteiger partial charge is 0.497 e. The van der Waals surface area contributed by atoms with E-state index in [4.69, 9.17) is 9.47 Å². The normalized spacial score (nSPS) is 28.0. The van der Waals surface area contributed by atoms with Gasteiger partial charge in [0.05, 0.1) is 18.2 Å². The van der Waals surface area contributed by atoms with Crippen LogP contribution in [0.1, 0.15) is 64.6 Å². The van der Waals surface area contributed by atoms with Gasteiger partial charge in [0.2, 0.25) is 5.67 Å². The molecule has 3 heterocycles. The van der Waals surface area contributed by atoms with Gasteiger partial charge in [-0.25, -0.2) is 9.18 Å². The van der Waals surface area contributed by atoms with Crippen LogP contribution in [-0.2, 0) is 15.7 Å². The minimum absolute atomic E-state index is 0.00312. The highest BCUT2D eigenvalue weighted by Crippen LogP contribution is 2.51. The van der Waals surface area contributed by atoms with Crippen LogP contribution >= 0.6 is 0 Å². The average molecular weight is 639 g/mol. The number of carboxylic acid groups (broad SMARTS) is 1. The second-order valence-corrected chi connectivity index (χ2v) is 12.8. The van der Waals surface area contributed by atoms with Gasteiger partial charge in [-0.3, -0.25) is 9.69 Å². The lowest BCUT2D eigenvalue weighted by Crippen LogP contribution is -2.51. The summed E-state index contributed by atoms with van der Waals surface area (Å²) < 4.78 is 70.0. The van der Waals surface area contributed by atoms with E-state index < -0.39 is 53.5 Å². The maximum absolute atomic E-state index is 17.5. The predicted octanol–water partition coefficient (Wildman–Crippen LogP) is 6.48. The molecule has 1 saturated carbocycles. The van der Waals surface area contributed by atoms with Crippen LogP contribution in [0, 0.1) is 0 Å². The summed E-state index contributed by atoms with van der Waals surface area (Å²) >= 11 is 0. The molecule has 1 aliphatic carbocycles. The highest BCUT2D eigenvalue weighted by molar-refractivity contribution is 5.89. The van der Waals surface area contributed by atoms with Crippen LogP contribution in [0.5, 0.6) is 5.75 Å². The maximum atomic E-state index is 17.5. The smallest absolute Gasteiger partial charge is 0.416 e. The number of alkyl halides is 4. The van der Waals surface area contributed by atoms with Gasteiger partial charge in [0, 0.05) is 37.5 Å². The summed E-state index contributed by atoms with van der Waals surface area (Å²) in [4.78, 5) is 29.2. The SMILES string of the molecule is COc1ccc([C@@H]2CN(C3CCCC3)C[C@@]2(F)C(=O)N2CC(c3ccc(C(F)(F)F)cc3-c3ccc(C(=O)O)cc3)C3OC32)cc1. The molecule has 0 aromatic heterocycles. The third-order valence-corrected chi connectivity index (χ3v) is 10.2. The zero-order valence-corrected chi connectivity index (χ0v) is 25.2. The molecule has 3 aromatic rings. The first-order valence-corrected chi connectivity index (χ1v) is 15.6. The summed E-state index contributed by atoms with van der Waals surface area (Å²) in [5.74, 6) is -2.39. The van der Waals surface area contributed by atoms with Gasteiger partial charge in [0.1, 0.15) is 11.9 Å². The summed E-state index contributed by atoms with van der Waals surface area (Å²) in [6, 6.07) is 16.4. The van der Waals surface area contributed by atoms with Crippen LogP contribution in [0.25, 0.3) is 11.1 Å². The van der Waals surface area contributed by atoms with E-state index in [2.05, 4.69) is 4.90 Å². The Morgan fingerprint density at radius 1 is 0.978 bits per heavy atom. The second-order valence-electron chi connectivity index (χ2n) is 12.8. The quantitative estimate of drug-likeness (QED) is 0.236. The van der Waals surface area contributed by atoms with Crippen LogP contribution < -0.4 is 4.74 Å². The van der Waals surface area contributed by atoms with E-state index in [-0.39, 0.29) is 30.3 Å². The zero-order chi connectivity index (χ0) is 32.4. The molecule has 4 fully saturated rings. The number of halogens is 4. The number of amides is 1. The molecule has 0 spiro atoms. The first-order valence-electron chi connectivity index (χ1n) is 15.6. The number of likely N-dealkylation sites (tertiary alicyclic amines) is 2. The Kier molecular flexibility index (Phi) is 7.59. The van der Waals surface area contributed by atoms with Gasteiger partial charge in [0.15, 0.2) is 6.23 Å². The molecule has 1 N–H and O–H groups in total. The van der Waals surface area contributed by atoms with Crippen molar-refractivity contribution in [1.29, 1.82) is 0 Å². The molecule has 3 saturated heterocycles. The van der Waals surface area contributed by atoms with Crippen LogP contribution in [0.2, 0.25) is 0 Å². The molecule has 3 aliphatic heterocycles. The number of fused-ring (bicyclic) bond motifs is 1. The standard InChI is InChI=1S/C35H34F4N2O5/c1-45-25-13-10-21(11-14-25)29-18-40(24-4-2-3-5-24)19-34(29,36)33(44)41-17-28(30-31(41)46-30)26-15-12-23(35(37,38)39)16-27(26)20-6-8-22(9-7-20)32(42)43/h6-16,24,28-31H,2-5,17-19H2,1H3,(H,42,43)/t28?,29-,30?,31?,34-/m0/s1. The lowest BCUT2D eigenvalue weighted by molar-refractivity contribution is -0.146. The van der Waals surface area contributed by atoms with Crippen molar-refractivity contribution in [3.63, 3.8) is 0 Å². The van der Waals surface area contributed by atoms with E-state index in [9.17, 15) is 27.9 Å². The Morgan fingerprint density at radius 2 is 1.67 bits per heavy atom. The van der Waals surface area contributed by atoms with E-state index in [1.807, 2.05) is 0 Å². The van der Waals surface area contributed by atoms with Gasteiger partial charge in [-0.2, -0.15) is 13.2 Å². The molecule has 242 valence electrons. The molecule has 3 aromatic carbocycles. The molecular formula is C35H34F4N2O5. The zero-order valence-electron chi connectivity index (χ0n) is 25.2. The van der Waals surface area contributed by atoms with Gasteiger partial charge in [-0.15, -0.1) is 0 Å². The molecule has 3 unspecified atom stereocenters. The molecule has 7 nitrogen and oxygen atoms in total. The number of carbonyl (C=O) groups excluding carboxylic acids is 1. The topological polar surface area (TPSA) is 82.6 Å². The van der Waals surface area contributed by atoms with Crippen LogP contribution in [0.15, 0.2) is 66.7 Å². The molecule has 11 heteroatoms. The minimum atomic E-state index is -4.60. The van der Waals surface area contributed by atoms with Crippen molar-refractivity contribution >= 4 is 11.9 Å². The molecule has 1 amide bonds. The third kappa shape index (κ3) is 5.33. The van der Waals surface area contributed by atoms with Gasteiger partial charge in [-0.1, -0.05) is 43.2 Å². The van der Waals surface area contributed by atoms with Crippen LogP contribution in [-0.4, -0.2) is 77.6 Å². The molecule has 7 rings (SSSR count). The number of epoxide rings is 1. The first-order chi connectivity index (χ1) is 22.0. The average Bonchev–Trinajstić information content (AvgIpc) is 3.35. The van der Waals surface area contributed by atoms with Crippen LogP contribution in [0.3, 0.4) is 0 Å². The number of carbonyl (C=O) groups is 2. The lowest BCUT2D eigenvalue weighted by Gasteiger charge is -2.31. The number of nitrogens with zero attached hydrogens (tertiary/aromatic N) is 2. The van der Waals surface area contributed by atoms with Gasteiger partial charge in [0.25, 0.3) is 5.91 Å². The van der Waals surface area contributed by atoms with Crippen molar-refractivity contribution in [3.05, 3.63) is 89.0 Å². The number of aromatic carboxylic acids is 1. The second kappa shape index (κ2) is 11.4. The van der Waals surface area contributed by atoms with E-state index >= 15 is 4.39 Å². The fraction of sp³-hybridized carbons (Fsp3) is 0.429. The number of benzene rings is 3. The lowest BCUT2D eigenvalue weighted by atomic mass is 9.85. The van der Waals surface area contributed by atoms with Crippen molar-refractivity contribution in [2.45, 2.75) is 67.7 Å². The van der Waals surface area contributed by atoms with Gasteiger partial charge in [-0.05, 0) is 71.5 Å². The van der Waals surface area contributed by atoms with E-state index in [1.165, 1.54) is 35.2 Å². The minimum Gasteiger partial charge on any atom is -0.497 e. The predicted molar refractivity (Wildman–Crippen MR) is 160 cm³/mol. The van der Waals surface area contributed by atoms with Crippen molar-refractivity contribution in [1.82, 2.24) is 9.80 Å². The maximum Gasteiger partial charge on any atom is 0.416 e. The summed E-state index contributed by atoms with van der Waals surface area (Å²) in [6.07, 6.45) is -1.70. The third-order valence-electron chi connectivity index (χ3n) is 10.2. The van der Waals surface area contributed by atoms with Gasteiger partial charge < -0.3 is 19.5 Å². The summed E-state index contributed by atoms with van der Waals surface area (Å²) in [6.45, 7) is 0.457. The molecule has 4 aliphatic rings. The fourth-order valence-corrected chi connectivity index (χ4v) is 7.71. The fourth-order valence-electron chi connectivity index (χ4n) is 7.71. The van der Waals surface area contributed by atoms with Crippen molar-refractivity contribution in [2.75, 3.05) is 26.7 Å². The number of methoxy groups -OCH3 is 1. The number of hydrogen-bond acceptors (Lipinski definition) is 5. The summed E-state index contributed by atoms with van der Waals surface area (Å²) in [7, 11) is 1.55. The molecule has 0 radical (unpaired) electrons. The molecule has 0 bridgehead atoms. The van der Waals surface area contributed by atoms with Crippen LogP contribution in [0.4, 0.5) is 17.6 Å². The van der Waals surface area contributed by atoms with Crippen molar-refractivity contribution in [3.8, 4) is 16.9 Å². The number of hydrogen-bond donors (Lipinski definition) is 1. The Hall–Kier alpha value is -3.96. The summed E-state index contributed by atoms with van der Waals surface area (Å²) in [5.41, 5.74) is -1.18. The monoisotopic (exact) mass is 638 g/mol. The number of carboxylic acids is 1. The van der Waals surface area contributed by atoms with Gasteiger partial charge >= 0.3 is 12.1 Å². The molecule has 46 heavy (non-hydrogen) atoms. The Labute approximate surface area is 263 Å². The summed E-state index contributed by atoms with van der Waals surface area (Å²) in [5, 5.41) is 9.31. The first kappa shape index (κ1) is 30.7. The number of rotatable bonds is 7. The van der Waals surface area contributed by atoms with E-state index in [0.29, 0.717) is 29.0 Å².